The van der Waals surface area contributed by atoms with Crippen molar-refractivity contribution in [3.63, 3.8) is 0 Å². The van der Waals surface area contributed by atoms with E-state index in [9.17, 15) is 4.79 Å². The molecular weight excluding hydrogens is 364 g/mol. The molecule has 1 N–H and O–H groups in total. The highest BCUT2D eigenvalue weighted by atomic mass is 16.1. The van der Waals surface area contributed by atoms with Crippen LogP contribution in [0, 0.1) is 13.8 Å². The molecule has 0 saturated heterocycles. The number of fused-ring (bicyclic) bond motifs is 2. The molecular formula is C22H26N6O. The van der Waals surface area contributed by atoms with E-state index in [1.165, 1.54) is 11.3 Å². The first-order chi connectivity index (χ1) is 14.1. The number of hydrogen-bond donors (Lipinski definition) is 1. The highest BCUT2D eigenvalue weighted by Crippen LogP contribution is 2.21. The van der Waals surface area contributed by atoms with Crippen molar-refractivity contribution in [1.29, 1.82) is 0 Å². The summed E-state index contributed by atoms with van der Waals surface area (Å²) in [5, 5.41) is 0. The van der Waals surface area contributed by atoms with Crippen molar-refractivity contribution in [2.24, 2.45) is 4.99 Å². The zero-order valence-corrected chi connectivity index (χ0v) is 17.0. The van der Waals surface area contributed by atoms with E-state index in [0.29, 0.717) is 12.4 Å². The normalized spacial score (nSPS) is 17.4. The van der Waals surface area contributed by atoms with E-state index in [4.69, 9.17) is 9.97 Å². The predicted molar refractivity (Wildman–Crippen MR) is 113 cm³/mol. The molecule has 0 aliphatic carbocycles. The molecule has 0 bridgehead atoms. The van der Waals surface area contributed by atoms with Gasteiger partial charge in [0.15, 0.2) is 5.82 Å². The smallest absolute Gasteiger partial charge is 0.255 e. The molecule has 0 unspecified atom stereocenters. The highest BCUT2D eigenvalue weighted by molar-refractivity contribution is 5.97. The molecule has 0 saturated carbocycles. The van der Waals surface area contributed by atoms with Crippen LogP contribution >= 0.6 is 0 Å². The topological polar surface area (TPSA) is 78.7 Å². The molecule has 7 heteroatoms. The van der Waals surface area contributed by atoms with Crippen LogP contribution in [0.3, 0.4) is 0 Å². The van der Waals surface area contributed by atoms with Gasteiger partial charge in [-0.2, -0.15) is 0 Å². The third-order valence-corrected chi connectivity index (χ3v) is 6.06. The Bertz CT molecular complexity index is 1170. The summed E-state index contributed by atoms with van der Waals surface area (Å²) in [6.07, 6.45) is 6.00. The largest absolute Gasteiger partial charge is 0.305 e. The summed E-state index contributed by atoms with van der Waals surface area (Å²) in [6.45, 7) is 7.25. The third kappa shape index (κ3) is 3.29. The number of nitrogens with zero attached hydrogens (tertiary/aromatic N) is 5. The highest BCUT2D eigenvalue weighted by Gasteiger charge is 2.24. The summed E-state index contributed by atoms with van der Waals surface area (Å²) < 4.78 is 2.17. The van der Waals surface area contributed by atoms with Crippen molar-refractivity contribution in [2.75, 3.05) is 13.1 Å². The maximum Gasteiger partial charge on any atom is 0.255 e. The molecule has 7 nitrogen and oxygen atoms in total. The number of aryl methyl sites for hydroxylation is 2. The van der Waals surface area contributed by atoms with Crippen LogP contribution in [-0.4, -0.2) is 43.1 Å². The van der Waals surface area contributed by atoms with Crippen LogP contribution in [0.2, 0.25) is 0 Å². The van der Waals surface area contributed by atoms with Crippen LogP contribution in [-0.2, 0) is 19.5 Å². The second-order valence-electron chi connectivity index (χ2n) is 8.11. The van der Waals surface area contributed by atoms with E-state index in [2.05, 4.69) is 51.5 Å². The fourth-order valence-electron chi connectivity index (χ4n) is 4.41. The molecule has 0 amide bonds. The fourth-order valence-corrected chi connectivity index (χ4v) is 4.41. The molecule has 150 valence electrons. The minimum atomic E-state index is -0.0197. The van der Waals surface area contributed by atoms with Gasteiger partial charge in [0.1, 0.15) is 5.65 Å². The summed E-state index contributed by atoms with van der Waals surface area (Å²) in [5.41, 5.74) is 7.06. The van der Waals surface area contributed by atoms with Gasteiger partial charge in [-0.05, 0) is 44.7 Å². The molecule has 5 rings (SSSR count). The van der Waals surface area contributed by atoms with Gasteiger partial charge in [-0.3, -0.25) is 14.7 Å². The lowest BCUT2D eigenvalue weighted by Crippen LogP contribution is -2.36. The van der Waals surface area contributed by atoms with E-state index in [1.54, 1.807) is 0 Å². The molecule has 2 aliphatic rings. The maximum atomic E-state index is 12.8. The van der Waals surface area contributed by atoms with Gasteiger partial charge in [0, 0.05) is 38.8 Å². The first kappa shape index (κ1) is 18.2. The standard InChI is InChI=1S/C22H26N6O/c1-14-6-5-10-28-19(15(2)24-21(14)28)13-27-11-8-17-16(12-27)22(29)26-20(25-17)18-7-3-4-9-23-18/h5-6,10H,3-4,7-9,11-13H2,1-2H3,(H,25,26,29). The van der Waals surface area contributed by atoms with E-state index >= 15 is 0 Å². The van der Waals surface area contributed by atoms with Gasteiger partial charge in [0.05, 0.1) is 28.4 Å². The molecule has 3 aromatic rings. The Hall–Kier alpha value is -2.80. The summed E-state index contributed by atoms with van der Waals surface area (Å²) in [4.78, 5) is 32.2. The van der Waals surface area contributed by atoms with Crippen LogP contribution in [0.1, 0.15) is 53.3 Å². The molecule has 0 aromatic carbocycles. The van der Waals surface area contributed by atoms with Gasteiger partial charge in [-0.15, -0.1) is 0 Å². The number of aliphatic imine (C=N–C) groups is 1. The van der Waals surface area contributed by atoms with Crippen molar-refractivity contribution in [3.05, 3.63) is 62.7 Å². The zero-order chi connectivity index (χ0) is 20.0. The van der Waals surface area contributed by atoms with Gasteiger partial charge >= 0.3 is 0 Å². The first-order valence-corrected chi connectivity index (χ1v) is 10.4. The van der Waals surface area contributed by atoms with Crippen LogP contribution in [0.25, 0.3) is 5.65 Å². The lowest BCUT2D eigenvalue weighted by Gasteiger charge is -2.28. The number of nitrogens with one attached hydrogen (secondary N) is 1. The fraction of sp³-hybridized carbons (Fsp3) is 0.455. The predicted octanol–water partition coefficient (Wildman–Crippen LogP) is 2.57. The average molecular weight is 390 g/mol. The quantitative estimate of drug-likeness (QED) is 0.746. The molecule has 2 aliphatic heterocycles. The van der Waals surface area contributed by atoms with Crippen LogP contribution in [0.4, 0.5) is 0 Å². The number of hydrogen-bond acceptors (Lipinski definition) is 5. The molecule has 5 heterocycles. The lowest BCUT2D eigenvalue weighted by molar-refractivity contribution is 0.237. The second-order valence-corrected chi connectivity index (χ2v) is 8.11. The summed E-state index contributed by atoms with van der Waals surface area (Å²) in [5.74, 6) is 0.676. The third-order valence-electron chi connectivity index (χ3n) is 6.06. The summed E-state index contributed by atoms with van der Waals surface area (Å²) in [7, 11) is 0. The number of H-pyrrole nitrogens is 1. The Labute approximate surface area is 169 Å². The van der Waals surface area contributed by atoms with Crippen LogP contribution in [0.15, 0.2) is 28.1 Å². The van der Waals surface area contributed by atoms with Crippen molar-refractivity contribution in [1.82, 2.24) is 24.3 Å². The van der Waals surface area contributed by atoms with Crippen molar-refractivity contribution >= 4 is 11.4 Å². The van der Waals surface area contributed by atoms with Gasteiger partial charge in [0.2, 0.25) is 0 Å². The number of imidazole rings is 1. The van der Waals surface area contributed by atoms with Crippen LogP contribution in [0.5, 0.6) is 0 Å². The molecule has 0 fully saturated rings. The summed E-state index contributed by atoms with van der Waals surface area (Å²) in [6, 6.07) is 4.14. The van der Waals surface area contributed by atoms with Crippen molar-refractivity contribution in [3.8, 4) is 0 Å². The Morgan fingerprint density at radius 1 is 1.17 bits per heavy atom. The van der Waals surface area contributed by atoms with Crippen molar-refractivity contribution in [2.45, 2.75) is 52.6 Å². The number of aromatic nitrogens is 4. The minimum absolute atomic E-state index is 0.0197. The average Bonchev–Trinajstić information content (AvgIpc) is 3.06. The SMILES string of the molecule is Cc1nc2c(C)cccn2c1CN1CCc2nc(C3=NCCCC3)[nH]c(=O)c2C1. The number of rotatable bonds is 3. The second kappa shape index (κ2) is 7.22. The lowest BCUT2D eigenvalue weighted by atomic mass is 10.0. The van der Waals surface area contributed by atoms with E-state index in [-0.39, 0.29) is 5.56 Å². The molecule has 0 spiro atoms. The van der Waals surface area contributed by atoms with Gasteiger partial charge in [-0.1, -0.05) is 6.07 Å². The minimum Gasteiger partial charge on any atom is -0.305 e. The van der Waals surface area contributed by atoms with Gasteiger partial charge in [-0.25, -0.2) is 9.97 Å². The Balaban J connectivity index is 1.42. The van der Waals surface area contributed by atoms with E-state index in [1.807, 2.05) is 0 Å². The van der Waals surface area contributed by atoms with Gasteiger partial charge in [0.25, 0.3) is 5.56 Å². The zero-order valence-electron chi connectivity index (χ0n) is 17.0. The van der Waals surface area contributed by atoms with E-state index in [0.717, 1.165) is 73.6 Å². The molecule has 3 aromatic heterocycles. The Morgan fingerprint density at radius 3 is 2.90 bits per heavy atom. The van der Waals surface area contributed by atoms with E-state index < -0.39 is 0 Å². The van der Waals surface area contributed by atoms with Gasteiger partial charge < -0.3 is 9.38 Å². The summed E-state index contributed by atoms with van der Waals surface area (Å²) >= 11 is 0. The molecule has 0 atom stereocenters. The first-order valence-electron chi connectivity index (χ1n) is 10.4. The monoisotopic (exact) mass is 390 g/mol. The number of aromatic amines is 1. The van der Waals surface area contributed by atoms with Crippen LogP contribution < -0.4 is 5.56 Å². The number of pyridine rings is 1. The Morgan fingerprint density at radius 2 is 2.07 bits per heavy atom. The Kier molecular flexibility index (Phi) is 4.54. The molecule has 0 radical (unpaired) electrons. The maximum absolute atomic E-state index is 12.8. The molecule has 29 heavy (non-hydrogen) atoms. The van der Waals surface area contributed by atoms with Crippen molar-refractivity contribution < 1.29 is 0 Å².